The van der Waals surface area contributed by atoms with Crippen LogP contribution in [0.15, 0.2) is 53.9 Å². The van der Waals surface area contributed by atoms with Crippen LogP contribution < -0.4 is 24.6 Å². The number of hydrogen-bond donors (Lipinski definition) is 2. The zero-order chi connectivity index (χ0) is 37.5. The highest BCUT2D eigenvalue weighted by atomic mass is 79.9. The maximum atomic E-state index is 13.8. The third-order valence-electron chi connectivity index (χ3n) is 9.93. The van der Waals surface area contributed by atoms with Crippen LogP contribution in [0.5, 0.6) is 5.75 Å². The number of likely N-dealkylation sites (N-methyl/N-ethyl adjacent to an activating group) is 1. The third kappa shape index (κ3) is 8.14. The summed E-state index contributed by atoms with van der Waals surface area (Å²) in [6.45, 7) is 9.38. The summed E-state index contributed by atoms with van der Waals surface area (Å²) in [5.74, 6) is -0.270. The van der Waals surface area contributed by atoms with Crippen molar-refractivity contribution >= 4 is 77.6 Å². The fraction of sp³-hybridized carbons (Fsp3) is 0.429. The number of rotatable bonds is 11. The molecule has 2 N–H and O–H groups in total. The molecule has 0 atom stereocenters. The summed E-state index contributed by atoms with van der Waals surface area (Å²) in [5, 5.41) is 5.60. The Hall–Kier alpha value is -4.26. The normalized spacial score (nSPS) is 17.9. The standard InChI is InChI=1S/C35H40BrF3N10O3S/c1-4-22-19-28(30(52-35(37,38)39)20-29(22)49-13-9-23(10-14-49)48-17-15-46(2)16-18-48)44-34-42-21-25(36)33(45-34)43-27-8-7-26-31(41-12-11-40-26)32(27)47(3)53(50,51)24-5-6-24/h4,7-8,11-12,19-21,23-24H,1,5-6,9-10,13-18H2,2-3H3,(H2,42,43,44,45). The maximum Gasteiger partial charge on any atom is 0.573 e. The SMILES string of the molecule is C=Cc1cc(Nc2ncc(Br)c(Nc3ccc4nccnc4c3N(C)S(=O)(=O)C3CC3)n2)c(OC(F)(F)F)cc1N1CCC(N2CCN(C)CC2)CC1. The van der Waals surface area contributed by atoms with Gasteiger partial charge in [0.25, 0.3) is 0 Å². The Bertz CT molecular complexity index is 2110. The van der Waals surface area contributed by atoms with Gasteiger partial charge in [0.05, 0.1) is 26.6 Å². The van der Waals surface area contributed by atoms with Crippen LogP contribution in [0.25, 0.3) is 17.1 Å². The second-order valence-electron chi connectivity index (χ2n) is 13.5. The molecule has 0 spiro atoms. The van der Waals surface area contributed by atoms with Gasteiger partial charge in [-0.05, 0) is 72.4 Å². The average molecular weight is 818 g/mol. The summed E-state index contributed by atoms with van der Waals surface area (Å²) in [4.78, 5) is 24.5. The number of piperidine rings is 1. The van der Waals surface area contributed by atoms with E-state index in [9.17, 15) is 21.6 Å². The predicted octanol–water partition coefficient (Wildman–Crippen LogP) is 6.36. The van der Waals surface area contributed by atoms with Crippen LogP contribution in [-0.4, -0.2) is 109 Å². The van der Waals surface area contributed by atoms with Gasteiger partial charge in [-0.3, -0.25) is 19.2 Å². The Balaban J connectivity index is 1.17. The molecule has 7 rings (SSSR count). The number of ether oxygens (including phenoxy) is 1. The Labute approximate surface area is 314 Å². The first kappa shape index (κ1) is 37.1. The molecule has 1 saturated carbocycles. The minimum Gasteiger partial charge on any atom is -0.403 e. The lowest BCUT2D eigenvalue weighted by Crippen LogP contribution is -2.52. The quantitative estimate of drug-likeness (QED) is 0.175. The first-order valence-corrected chi connectivity index (χ1v) is 19.6. The highest BCUT2D eigenvalue weighted by Gasteiger charge is 2.40. The molecule has 53 heavy (non-hydrogen) atoms. The van der Waals surface area contributed by atoms with Gasteiger partial charge in [-0.15, -0.1) is 13.2 Å². The third-order valence-corrected chi connectivity index (χ3v) is 12.8. The first-order chi connectivity index (χ1) is 25.3. The molecule has 0 amide bonds. The van der Waals surface area contributed by atoms with E-state index in [1.54, 1.807) is 24.3 Å². The molecule has 3 fully saturated rings. The molecular weight excluding hydrogens is 777 g/mol. The van der Waals surface area contributed by atoms with E-state index in [0.717, 1.165) is 39.0 Å². The number of fused-ring (bicyclic) bond motifs is 1. The second kappa shape index (κ2) is 14.9. The predicted molar refractivity (Wildman–Crippen MR) is 204 cm³/mol. The second-order valence-corrected chi connectivity index (χ2v) is 16.6. The van der Waals surface area contributed by atoms with Gasteiger partial charge >= 0.3 is 6.36 Å². The van der Waals surface area contributed by atoms with Crippen molar-refractivity contribution < 1.29 is 26.3 Å². The van der Waals surface area contributed by atoms with Gasteiger partial charge in [-0.1, -0.05) is 12.7 Å². The molecule has 4 aromatic rings. The monoisotopic (exact) mass is 816 g/mol. The Morgan fingerprint density at radius 1 is 0.981 bits per heavy atom. The fourth-order valence-electron chi connectivity index (χ4n) is 6.91. The molecule has 2 aromatic carbocycles. The average Bonchev–Trinajstić information content (AvgIpc) is 4.00. The first-order valence-electron chi connectivity index (χ1n) is 17.3. The number of hydrogen-bond acceptors (Lipinski definition) is 12. The van der Waals surface area contributed by atoms with Crippen LogP contribution in [0, 0.1) is 0 Å². The van der Waals surface area contributed by atoms with Crippen molar-refractivity contribution in [3.8, 4) is 5.75 Å². The number of nitrogens with one attached hydrogen (secondary N) is 2. The van der Waals surface area contributed by atoms with Gasteiger partial charge in [0.2, 0.25) is 16.0 Å². The number of anilines is 6. The molecule has 2 aromatic heterocycles. The smallest absolute Gasteiger partial charge is 0.403 e. The molecule has 3 aliphatic rings. The van der Waals surface area contributed by atoms with E-state index < -0.39 is 27.4 Å². The van der Waals surface area contributed by atoms with E-state index in [0.29, 0.717) is 64.4 Å². The molecule has 18 heteroatoms. The molecule has 0 radical (unpaired) electrons. The number of piperazine rings is 1. The number of sulfonamides is 1. The summed E-state index contributed by atoms with van der Waals surface area (Å²) in [7, 11) is -0.0864. The maximum absolute atomic E-state index is 13.8. The van der Waals surface area contributed by atoms with Crippen molar-refractivity contribution in [3.05, 3.63) is 59.5 Å². The van der Waals surface area contributed by atoms with Gasteiger partial charge in [0.15, 0.2) is 5.75 Å². The molecule has 282 valence electrons. The van der Waals surface area contributed by atoms with Crippen LogP contribution in [-0.2, 0) is 10.0 Å². The van der Waals surface area contributed by atoms with Gasteiger partial charge < -0.3 is 25.2 Å². The van der Waals surface area contributed by atoms with Crippen molar-refractivity contribution in [3.63, 3.8) is 0 Å². The summed E-state index contributed by atoms with van der Waals surface area (Å²) >= 11 is 3.45. The van der Waals surface area contributed by atoms with Crippen molar-refractivity contribution in [1.29, 1.82) is 0 Å². The number of nitrogens with zero attached hydrogens (tertiary/aromatic N) is 8. The Morgan fingerprint density at radius 3 is 2.38 bits per heavy atom. The topological polar surface area (TPSA) is 132 Å². The molecule has 13 nitrogen and oxygen atoms in total. The Kier molecular flexibility index (Phi) is 10.4. The molecule has 0 bridgehead atoms. The number of aromatic nitrogens is 4. The van der Waals surface area contributed by atoms with E-state index >= 15 is 0 Å². The van der Waals surface area contributed by atoms with Gasteiger partial charge in [-0.2, -0.15) is 4.98 Å². The highest BCUT2D eigenvalue weighted by Crippen LogP contribution is 2.42. The molecule has 4 heterocycles. The van der Waals surface area contributed by atoms with Crippen LogP contribution in [0.2, 0.25) is 0 Å². The van der Waals surface area contributed by atoms with Crippen molar-refractivity contribution in [2.24, 2.45) is 0 Å². The van der Waals surface area contributed by atoms with Gasteiger partial charge in [-0.25, -0.2) is 13.4 Å². The van der Waals surface area contributed by atoms with Crippen molar-refractivity contribution in [2.45, 2.75) is 43.3 Å². The largest absolute Gasteiger partial charge is 0.573 e. The minimum absolute atomic E-state index is 0.0153. The number of halogens is 4. The van der Waals surface area contributed by atoms with Crippen LogP contribution in [0.1, 0.15) is 31.2 Å². The van der Waals surface area contributed by atoms with Crippen LogP contribution >= 0.6 is 15.9 Å². The summed E-state index contributed by atoms with van der Waals surface area (Å²) in [6, 6.07) is 6.74. The van der Waals surface area contributed by atoms with Crippen LogP contribution in [0.3, 0.4) is 0 Å². The lowest BCUT2D eigenvalue weighted by molar-refractivity contribution is -0.274. The van der Waals surface area contributed by atoms with E-state index in [2.05, 4.69) is 79.6 Å². The molecular formula is C35H40BrF3N10O3S. The van der Waals surface area contributed by atoms with E-state index in [-0.39, 0.29) is 23.1 Å². The van der Waals surface area contributed by atoms with Gasteiger partial charge in [0.1, 0.15) is 17.0 Å². The molecule has 1 aliphatic carbocycles. The van der Waals surface area contributed by atoms with Crippen molar-refractivity contribution in [2.75, 3.05) is 73.2 Å². The molecule has 2 aliphatic heterocycles. The summed E-state index contributed by atoms with van der Waals surface area (Å²) in [5.41, 5.74) is 2.71. The molecule has 2 saturated heterocycles. The lowest BCUT2D eigenvalue weighted by atomic mass is 10.00. The molecule has 0 unspecified atom stereocenters. The summed E-state index contributed by atoms with van der Waals surface area (Å²) in [6.07, 6.45) is 4.01. The highest BCUT2D eigenvalue weighted by molar-refractivity contribution is 9.10. The fourth-order valence-corrected chi connectivity index (χ4v) is 8.82. The van der Waals surface area contributed by atoms with E-state index in [4.69, 9.17) is 0 Å². The zero-order valence-electron chi connectivity index (χ0n) is 29.3. The van der Waals surface area contributed by atoms with Crippen LogP contribution in [0.4, 0.5) is 47.7 Å². The van der Waals surface area contributed by atoms with Crippen molar-refractivity contribution in [1.82, 2.24) is 29.7 Å². The lowest BCUT2D eigenvalue weighted by Gasteiger charge is -2.43. The zero-order valence-corrected chi connectivity index (χ0v) is 31.7. The summed E-state index contributed by atoms with van der Waals surface area (Å²) < 4.78 is 74.4. The van der Waals surface area contributed by atoms with Gasteiger partial charge in [0, 0.05) is 82.7 Å². The Morgan fingerprint density at radius 2 is 1.70 bits per heavy atom. The number of alkyl halides is 3. The van der Waals surface area contributed by atoms with E-state index in [1.165, 1.54) is 36.0 Å². The number of benzene rings is 2. The van der Waals surface area contributed by atoms with E-state index in [1.807, 2.05) is 0 Å². The minimum atomic E-state index is -4.96.